The second-order valence-corrected chi connectivity index (χ2v) is 11.7. The fraction of sp³-hybridized carbons (Fsp3) is 0.381. The van der Waals surface area contributed by atoms with Crippen LogP contribution in [0, 0.1) is 0 Å². The molecule has 1 N–H and O–H groups in total. The van der Waals surface area contributed by atoms with Crippen molar-refractivity contribution in [3.05, 3.63) is 60.7 Å². The van der Waals surface area contributed by atoms with Crippen LogP contribution in [0.4, 0.5) is 0 Å². The van der Waals surface area contributed by atoms with Crippen LogP contribution in [-0.2, 0) is 9.22 Å². The molecule has 1 atom stereocenters. The fourth-order valence-corrected chi connectivity index (χ4v) is 7.95. The van der Waals surface area contributed by atoms with Gasteiger partial charge in [0, 0.05) is 6.61 Å². The standard InChI is InChI=1S/C21H28O3Si/c1-21(2,3)25(19-12-6-4-7-13-19,20-14-8-5-9-15-20)24-16-10-11-18(23)17-22/h4-9,12-15,17-18,23H,10-11,16H2,1-3H3/t18-/m1/s1. The van der Waals surface area contributed by atoms with E-state index in [2.05, 4.69) is 69.3 Å². The Balaban J connectivity index is 2.40. The van der Waals surface area contributed by atoms with Crippen molar-refractivity contribution in [1.82, 2.24) is 0 Å². The molecule has 0 aromatic heterocycles. The van der Waals surface area contributed by atoms with Crippen molar-refractivity contribution in [2.24, 2.45) is 0 Å². The monoisotopic (exact) mass is 356 g/mol. The number of benzene rings is 2. The van der Waals surface area contributed by atoms with Crippen molar-refractivity contribution in [1.29, 1.82) is 0 Å². The molecule has 0 heterocycles. The summed E-state index contributed by atoms with van der Waals surface area (Å²) in [6.45, 7) is 7.23. The molecule has 0 fully saturated rings. The van der Waals surface area contributed by atoms with Gasteiger partial charge in [-0.25, -0.2) is 0 Å². The van der Waals surface area contributed by atoms with E-state index in [0.29, 0.717) is 25.7 Å². The van der Waals surface area contributed by atoms with Crippen LogP contribution in [0.5, 0.6) is 0 Å². The quantitative estimate of drug-likeness (QED) is 0.449. The van der Waals surface area contributed by atoms with E-state index in [9.17, 15) is 9.90 Å². The molecule has 3 nitrogen and oxygen atoms in total. The Bertz CT molecular complexity index is 610. The molecule has 2 aromatic carbocycles. The molecule has 0 aliphatic heterocycles. The first-order valence-electron chi connectivity index (χ1n) is 8.80. The van der Waals surface area contributed by atoms with Crippen molar-refractivity contribution in [2.45, 2.75) is 44.8 Å². The van der Waals surface area contributed by atoms with Crippen LogP contribution < -0.4 is 10.4 Å². The second kappa shape index (κ2) is 8.56. The van der Waals surface area contributed by atoms with Crippen LogP contribution in [0.15, 0.2) is 60.7 Å². The van der Waals surface area contributed by atoms with Crippen LogP contribution in [0.25, 0.3) is 0 Å². The zero-order valence-corrected chi connectivity index (χ0v) is 16.3. The van der Waals surface area contributed by atoms with Gasteiger partial charge < -0.3 is 14.3 Å². The largest absolute Gasteiger partial charge is 0.407 e. The summed E-state index contributed by atoms with van der Waals surface area (Å²) in [6.07, 6.45) is 0.775. The van der Waals surface area contributed by atoms with Gasteiger partial charge in [-0.2, -0.15) is 0 Å². The van der Waals surface area contributed by atoms with Gasteiger partial charge in [-0.15, -0.1) is 0 Å². The van der Waals surface area contributed by atoms with Crippen molar-refractivity contribution >= 4 is 25.0 Å². The molecule has 0 spiro atoms. The number of carbonyl (C=O) groups is 1. The van der Waals surface area contributed by atoms with E-state index in [1.54, 1.807) is 0 Å². The first-order chi connectivity index (χ1) is 11.9. The molecule has 0 saturated heterocycles. The summed E-state index contributed by atoms with van der Waals surface area (Å²) in [6, 6.07) is 20.9. The molecule has 2 aromatic rings. The zero-order chi connectivity index (χ0) is 18.3. The first kappa shape index (κ1) is 19.6. The molecule has 0 aliphatic rings. The topological polar surface area (TPSA) is 46.5 Å². The SMILES string of the molecule is CC(C)(C)[Si](OCCC[C@@H](O)C=O)(c1ccccc1)c1ccccc1. The molecule has 0 saturated carbocycles. The lowest BCUT2D eigenvalue weighted by molar-refractivity contribution is -0.115. The normalized spacial score (nSPS) is 13.4. The van der Waals surface area contributed by atoms with Crippen LogP contribution in [0.2, 0.25) is 5.04 Å². The van der Waals surface area contributed by atoms with Gasteiger partial charge in [-0.1, -0.05) is 81.4 Å². The lowest BCUT2D eigenvalue weighted by atomic mass is 10.2. The molecule has 0 unspecified atom stereocenters. The van der Waals surface area contributed by atoms with E-state index in [1.165, 1.54) is 10.4 Å². The number of aliphatic hydroxyl groups excluding tert-OH is 1. The minimum atomic E-state index is -2.50. The summed E-state index contributed by atoms with van der Waals surface area (Å²) < 4.78 is 6.67. The first-order valence-corrected chi connectivity index (χ1v) is 10.7. The van der Waals surface area contributed by atoms with Gasteiger partial charge in [0.05, 0.1) is 0 Å². The number of hydrogen-bond acceptors (Lipinski definition) is 3. The lowest BCUT2D eigenvalue weighted by Gasteiger charge is -2.43. The predicted octanol–water partition coefficient (Wildman–Crippen LogP) is 2.90. The number of aliphatic hydroxyl groups is 1. The third-order valence-electron chi connectivity index (χ3n) is 4.54. The van der Waals surface area contributed by atoms with E-state index in [1.807, 2.05) is 12.1 Å². The van der Waals surface area contributed by atoms with Crippen molar-refractivity contribution in [3.63, 3.8) is 0 Å². The third kappa shape index (κ3) is 4.45. The van der Waals surface area contributed by atoms with Crippen LogP contribution in [-0.4, -0.2) is 32.4 Å². The lowest BCUT2D eigenvalue weighted by Crippen LogP contribution is -2.66. The number of carbonyl (C=O) groups excluding carboxylic acids is 1. The average Bonchev–Trinajstić information content (AvgIpc) is 2.62. The van der Waals surface area contributed by atoms with Gasteiger partial charge in [-0.3, -0.25) is 0 Å². The smallest absolute Gasteiger partial charge is 0.261 e. The third-order valence-corrected chi connectivity index (χ3v) is 9.58. The molecule has 0 aliphatic carbocycles. The Morgan fingerprint density at radius 1 is 1.00 bits per heavy atom. The molecule has 2 rings (SSSR count). The minimum Gasteiger partial charge on any atom is -0.407 e. The summed E-state index contributed by atoms with van der Waals surface area (Å²) in [4.78, 5) is 10.6. The number of rotatable bonds is 8. The highest BCUT2D eigenvalue weighted by atomic mass is 28.4. The Labute approximate surface area is 151 Å². The van der Waals surface area contributed by atoms with E-state index >= 15 is 0 Å². The summed E-state index contributed by atoms with van der Waals surface area (Å²) in [5.74, 6) is 0. The predicted molar refractivity (Wildman–Crippen MR) is 105 cm³/mol. The van der Waals surface area contributed by atoms with Gasteiger partial charge in [0.15, 0.2) is 0 Å². The summed E-state index contributed by atoms with van der Waals surface area (Å²) >= 11 is 0. The zero-order valence-electron chi connectivity index (χ0n) is 15.3. The molecule has 4 heteroatoms. The minimum absolute atomic E-state index is 0.0566. The highest BCUT2D eigenvalue weighted by Gasteiger charge is 2.49. The molecule has 25 heavy (non-hydrogen) atoms. The highest BCUT2D eigenvalue weighted by Crippen LogP contribution is 2.36. The maximum Gasteiger partial charge on any atom is 0.261 e. The molecule has 134 valence electrons. The Hall–Kier alpha value is -1.75. The van der Waals surface area contributed by atoms with Gasteiger partial charge in [0.2, 0.25) is 0 Å². The van der Waals surface area contributed by atoms with Gasteiger partial charge in [0.25, 0.3) is 8.32 Å². The molecular weight excluding hydrogens is 328 g/mol. The maximum absolute atomic E-state index is 10.6. The van der Waals surface area contributed by atoms with Gasteiger partial charge >= 0.3 is 0 Å². The number of aldehydes is 1. The molecule has 0 bridgehead atoms. The van der Waals surface area contributed by atoms with Gasteiger partial charge in [-0.05, 0) is 28.3 Å². The Kier molecular flexibility index (Phi) is 6.70. The maximum atomic E-state index is 10.6. The van der Waals surface area contributed by atoms with Crippen molar-refractivity contribution in [3.8, 4) is 0 Å². The summed E-state index contributed by atoms with van der Waals surface area (Å²) in [5.41, 5.74) is 0. The van der Waals surface area contributed by atoms with E-state index in [0.717, 1.165) is 0 Å². The van der Waals surface area contributed by atoms with E-state index < -0.39 is 14.4 Å². The molecular formula is C21H28O3Si. The van der Waals surface area contributed by atoms with Crippen molar-refractivity contribution < 1.29 is 14.3 Å². The fourth-order valence-electron chi connectivity index (χ4n) is 3.35. The highest BCUT2D eigenvalue weighted by molar-refractivity contribution is 6.99. The number of hydrogen-bond donors (Lipinski definition) is 1. The summed E-state index contributed by atoms with van der Waals surface area (Å²) in [7, 11) is -2.50. The van der Waals surface area contributed by atoms with Gasteiger partial charge in [0.1, 0.15) is 12.4 Å². The van der Waals surface area contributed by atoms with E-state index in [4.69, 9.17) is 4.43 Å². The van der Waals surface area contributed by atoms with Crippen LogP contribution >= 0.6 is 0 Å². The Morgan fingerprint density at radius 2 is 1.48 bits per heavy atom. The average molecular weight is 357 g/mol. The Morgan fingerprint density at radius 3 is 1.88 bits per heavy atom. The molecule has 0 radical (unpaired) electrons. The van der Waals surface area contributed by atoms with Crippen molar-refractivity contribution in [2.75, 3.05) is 6.61 Å². The molecule has 0 amide bonds. The van der Waals surface area contributed by atoms with E-state index in [-0.39, 0.29) is 5.04 Å². The van der Waals surface area contributed by atoms with Crippen LogP contribution in [0.3, 0.4) is 0 Å². The summed E-state index contributed by atoms with van der Waals surface area (Å²) in [5, 5.41) is 11.9. The second-order valence-electron chi connectivity index (χ2n) is 7.36. The van der Waals surface area contributed by atoms with Crippen LogP contribution in [0.1, 0.15) is 33.6 Å².